The van der Waals surface area contributed by atoms with Gasteiger partial charge in [-0.1, -0.05) is 0 Å². The Morgan fingerprint density at radius 2 is 1.75 bits per heavy atom. The highest BCUT2D eigenvalue weighted by atomic mass is 32.2. The lowest BCUT2D eigenvalue weighted by molar-refractivity contribution is -0.137. The topological polar surface area (TPSA) is 52.9 Å². The summed E-state index contributed by atoms with van der Waals surface area (Å²) in [6.45, 7) is 7.43. The van der Waals surface area contributed by atoms with E-state index in [1.165, 1.54) is 18.5 Å². The normalized spacial score (nSPS) is 15.3. The van der Waals surface area contributed by atoms with Gasteiger partial charge in [0.1, 0.15) is 4.75 Å². The van der Waals surface area contributed by atoms with Crippen LogP contribution in [0.2, 0.25) is 0 Å². The van der Waals surface area contributed by atoms with E-state index >= 15 is 0 Å². The fourth-order valence-electron chi connectivity index (χ4n) is 1.92. The lowest BCUT2D eigenvalue weighted by Gasteiger charge is -2.25. The summed E-state index contributed by atoms with van der Waals surface area (Å²) in [4.78, 5) is 4.24. The lowest BCUT2D eigenvalue weighted by Crippen LogP contribution is -2.40. The Morgan fingerprint density at radius 1 is 1.17 bits per heavy atom. The molecule has 1 aromatic carbocycles. The molecular weight excluding hydrogens is 339 g/mol. The number of halogens is 3. The van der Waals surface area contributed by atoms with E-state index in [0.717, 1.165) is 12.1 Å². The molecule has 0 saturated carbocycles. The zero-order chi connectivity index (χ0) is 18.1. The standard InChI is InChI=1S/C16H20F3N3OS/c1-11(21-24(23)15(2,3)4)14-9-22(10-20-14)13-7-5-12(6-8-13)16(17,18)19/h5-11,21H,1-4H3. The molecular formula is C16H20F3N3OS. The summed E-state index contributed by atoms with van der Waals surface area (Å²) in [7, 11) is 0. The maximum Gasteiger partial charge on any atom is 0.416 e. The highest BCUT2D eigenvalue weighted by Crippen LogP contribution is 2.29. The number of aromatic nitrogens is 2. The first-order valence-corrected chi connectivity index (χ1v) is 8.53. The van der Waals surface area contributed by atoms with Crippen LogP contribution in [-0.4, -0.2) is 18.9 Å². The molecule has 2 unspecified atom stereocenters. The van der Waals surface area contributed by atoms with Gasteiger partial charge in [-0.25, -0.2) is 4.98 Å². The van der Waals surface area contributed by atoms with E-state index in [1.807, 2.05) is 27.7 Å². The molecule has 0 fully saturated rings. The van der Waals surface area contributed by atoms with Gasteiger partial charge >= 0.3 is 6.18 Å². The summed E-state index contributed by atoms with van der Waals surface area (Å²) in [5.41, 5.74) is 0.542. The van der Waals surface area contributed by atoms with Gasteiger partial charge in [0.25, 0.3) is 0 Å². The number of rotatable bonds is 4. The third-order valence-corrected chi connectivity index (χ3v) is 5.06. The average Bonchev–Trinajstić information content (AvgIpc) is 2.95. The van der Waals surface area contributed by atoms with Crippen molar-refractivity contribution in [3.8, 4) is 5.69 Å². The Balaban J connectivity index is 2.13. The molecule has 0 saturated heterocycles. The summed E-state index contributed by atoms with van der Waals surface area (Å²) in [5, 5.41) is 0. The van der Waals surface area contributed by atoms with Gasteiger partial charge in [-0.3, -0.25) is 0 Å². The summed E-state index contributed by atoms with van der Waals surface area (Å²) < 4.78 is 54.1. The third kappa shape index (κ3) is 4.52. The number of imidazole rings is 1. The zero-order valence-corrected chi connectivity index (χ0v) is 14.7. The molecule has 4 nitrogen and oxygen atoms in total. The molecule has 1 aromatic heterocycles. The average molecular weight is 359 g/mol. The van der Waals surface area contributed by atoms with E-state index in [9.17, 15) is 17.7 Å². The van der Waals surface area contributed by atoms with Crippen LogP contribution in [0.15, 0.2) is 36.8 Å². The van der Waals surface area contributed by atoms with Crippen LogP contribution in [0.4, 0.5) is 13.2 Å². The highest BCUT2D eigenvalue weighted by Gasteiger charge is 2.30. The van der Waals surface area contributed by atoms with Gasteiger partial charge < -0.3 is 9.12 Å². The van der Waals surface area contributed by atoms with Crippen molar-refractivity contribution in [1.82, 2.24) is 14.3 Å². The van der Waals surface area contributed by atoms with Crippen molar-refractivity contribution in [1.29, 1.82) is 0 Å². The largest absolute Gasteiger partial charge is 0.598 e. The van der Waals surface area contributed by atoms with Gasteiger partial charge in [-0.05, 0) is 52.0 Å². The molecule has 1 N–H and O–H groups in total. The second-order valence-corrected chi connectivity index (χ2v) is 8.47. The van der Waals surface area contributed by atoms with Crippen LogP contribution in [0.25, 0.3) is 5.69 Å². The van der Waals surface area contributed by atoms with E-state index in [2.05, 4.69) is 9.71 Å². The highest BCUT2D eigenvalue weighted by molar-refractivity contribution is 7.90. The minimum Gasteiger partial charge on any atom is -0.598 e. The summed E-state index contributed by atoms with van der Waals surface area (Å²) in [6, 6.07) is 4.59. The maximum absolute atomic E-state index is 12.6. The van der Waals surface area contributed by atoms with Gasteiger partial charge in [-0.2, -0.15) is 13.2 Å². The molecule has 2 aromatic rings. The van der Waals surface area contributed by atoms with E-state index in [0.29, 0.717) is 11.4 Å². The van der Waals surface area contributed by atoms with E-state index in [4.69, 9.17) is 0 Å². The molecule has 24 heavy (non-hydrogen) atoms. The molecule has 1 heterocycles. The molecule has 0 amide bonds. The first kappa shape index (κ1) is 18.8. The fourth-order valence-corrected chi connectivity index (χ4v) is 2.72. The van der Waals surface area contributed by atoms with Crippen molar-refractivity contribution in [3.63, 3.8) is 0 Å². The van der Waals surface area contributed by atoms with Crippen molar-refractivity contribution in [2.24, 2.45) is 0 Å². The Labute approximate surface area is 142 Å². The number of nitrogens with zero attached hydrogens (tertiary/aromatic N) is 2. The van der Waals surface area contributed by atoms with Crippen molar-refractivity contribution in [2.75, 3.05) is 0 Å². The number of hydrogen-bond acceptors (Lipinski definition) is 3. The number of benzene rings is 1. The molecule has 8 heteroatoms. The van der Waals surface area contributed by atoms with Gasteiger partial charge in [0.2, 0.25) is 0 Å². The Morgan fingerprint density at radius 3 is 2.25 bits per heavy atom. The predicted octanol–water partition coefficient (Wildman–Crippen LogP) is 4.00. The molecule has 0 aliphatic carbocycles. The SMILES string of the molecule is CC(N[S+]([O-])C(C)(C)C)c1cn(-c2ccc(C(F)(F)F)cc2)cn1. The van der Waals surface area contributed by atoms with Crippen molar-refractivity contribution in [3.05, 3.63) is 48.0 Å². The zero-order valence-electron chi connectivity index (χ0n) is 13.9. The number of hydrogen-bond donors (Lipinski definition) is 1. The van der Waals surface area contributed by atoms with Crippen LogP contribution < -0.4 is 4.72 Å². The minimum atomic E-state index is -4.35. The van der Waals surface area contributed by atoms with Crippen LogP contribution in [0.1, 0.15) is 45.0 Å². The van der Waals surface area contributed by atoms with Crippen LogP contribution in [0, 0.1) is 0 Å². The quantitative estimate of drug-likeness (QED) is 0.840. The summed E-state index contributed by atoms with van der Waals surface area (Å²) >= 11 is -1.24. The van der Waals surface area contributed by atoms with E-state index in [-0.39, 0.29) is 6.04 Å². The fraction of sp³-hybridized carbons (Fsp3) is 0.438. The second kappa shape index (κ2) is 6.78. The van der Waals surface area contributed by atoms with Crippen LogP contribution in [-0.2, 0) is 17.5 Å². The Hall–Kier alpha value is -1.51. The molecule has 0 spiro atoms. The first-order valence-electron chi connectivity index (χ1n) is 7.38. The van der Waals surface area contributed by atoms with Gasteiger partial charge in [0.05, 0.1) is 23.6 Å². The van der Waals surface area contributed by atoms with Gasteiger partial charge in [-0.15, -0.1) is 4.72 Å². The smallest absolute Gasteiger partial charge is 0.416 e. The molecule has 2 rings (SSSR count). The van der Waals surface area contributed by atoms with Crippen LogP contribution in [0.5, 0.6) is 0 Å². The molecule has 0 radical (unpaired) electrons. The molecule has 0 aliphatic rings. The minimum absolute atomic E-state index is 0.249. The summed E-state index contributed by atoms with van der Waals surface area (Å²) in [5.74, 6) is 0. The maximum atomic E-state index is 12.6. The van der Waals surface area contributed by atoms with Gasteiger partial charge in [0.15, 0.2) is 0 Å². The molecule has 0 aliphatic heterocycles. The van der Waals surface area contributed by atoms with E-state index in [1.54, 1.807) is 10.8 Å². The van der Waals surface area contributed by atoms with E-state index < -0.39 is 27.8 Å². The van der Waals surface area contributed by atoms with Gasteiger partial charge in [0, 0.05) is 23.2 Å². The number of nitrogens with one attached hydrogen (secondary N) is 1. The third-order valence-electron chi connectivity index (χ3n) is 3.38. The van der Waals surface area contributed by atoms with Crippen LogP contribution in [0.3, 0.4) is 0 Å². The summed E-state index contributed by atoms with van der Waals surface area (Å²) in [6.07, 6.45) is -1.12. The predicted molar refractivity (Wildman–Crippen MR) is 88.0 cm³/mol. The number of alkyl halides is 3. The van der Waals surface area contributed by atoms with Crippen LogP contribution >= 0.6 is 0 Å². The second-order valence-electron chi connectivity index (χ2n) is 6.47. The monoisotopic (exact) mass is 359 g/mol. The molecule has 2 atom stereocenters. The Kier molecular flexibility index (Phi) is 5.31. The molecule has 132 valence electrons. The Bertz CT molecular complexity index is 677. The van der Waals surface area contributed by atoms with Crippen molar-refractivity contribution >= 4 is 11.4 Å². The van der Waals surface area contributed by atoms with Crippen molar-refractivity contribution < 1.29 is 17.7 Å². The lowest BCUT2D eigenvalue weighted by atomic mass is 10.2. The molecule has 0 bridgehead atoms. The van der Waals surface area contributed by atoms with Crippen molar-refractivity contribution in [2.45, 2.75) is 44.7 Å². The first-order chi connectivity index (χ1) is 11.0.